The van der Waals surface area contributed by atoms with Crippen LogP contribution >= 0.6 is 0 Å². The molecule has 1 aromatic rings. The van der Waals surface area contributed by atoms with Gasteiger partial charge < -0.3 is 20.3 Å². The van der Waals surface area contributed by atoms with Crippen LogP contribution in [0, 0.1) is 5.41 Å². The molecule has 1 spiro atoms. The summed E-state index contributed by atoms with van der Waals surface area (Å²) < 4.78 is 5.90. The number of piperidine rings is 1. The van der Waals surface area contributed by atoms with E-state index in [1.165, 1.54) is 19.2 Å². The van der Waals surface area contributed by atoms with E-state index < -0.39 is 5.60 Å². The summed E-state index contributed by atoms with van der Waals surface area (Å²) in [5.74, 6) is 1.68. The maximum atomic E-state index is 12.0. The van der Waals surface area contributed by atoms with Crippen LogP contribution in [0.5, 0.6) is 5.75 Å². The van der Waals surface area contributed by atoms with Gasteiger partial charge in [-0.15, -0.1) is 0 Å². The molecule has 1 aromatic heterocycles. The van der Waals surface area contributed by atoms with Gasteiger partial charge in [0.25, 0.3) is 5.91 Å². The van der Waals surface area contributed by atoms with Gasteiger partial charge in [0, 0.05) is 18.5 Å². The number of anilines is 2. The van der Waals surface area contributed by atoms with Gasteiger partial charge in [-0.2, -0.15) is 0 Å². The lowest BCUT2D eigenvalue weighted by atomic mass is 9.72. The summed E-state index contributed by atoms with van der Waals surface area (Å²) >= 11 is 0. The van der Waals surface area contributed by atoms with E-state index in [0.29, 0.717) is 17.0 Å². The third-order valence-corrected chi connectivity index (χ3v) is 4.94. The molecule has 0 radical (unpaired) electrons. The zero-order valence-electron chi connectivity index (χ0n) is 13.0. The number of carbonyl (C=O) groups is 1. The Bertz CT molecular complexity index is 616. The summed E-state index contributed by atoms with van der Waals surface area (Å²) in [6.07, 6.45) is 3.91. The molecule has 2 fully saturated rings. The maximum Gasteiger partial charge on any atom is 0.269 e. The number of nitrogens with zero attached hydrogens (tertiary/aromatic N) is 3. The second-order valence-corrected chi connectivity index (χ2v) is 7.05. The fraction of sp³-hybridized carbons (Fsp3) is 0.667. The summed E-state index contributed by atoms with van der Waals surface area (Å²) in [5.41, 5.74) is -0.486. The van der Waals surface area contributed by atoms with E-state index in [9.17, 15) is 4.79 Å². The standard InChI is InChI=1S/C15H21N5O2/c1-14(2)13(21)19-11-10(22-14)12(18-9-17-11)20-7-15(8-20)3-5-16-6-4-15/h9,16H,3-8H2,1-2H3,(H,17,18,19,21). The van der Waals surface area contributed by atoms with E-state index in [-0.39, 0.29) is 5.91 Å². The summed E-state index contributed by atoms with van der Waals surface area (Å²) in [5, 5.41) is 6.22. The molecule has 0 saturated carbocycles. The molecule has 7 nitrogen and oxygen atoms in total. The summed E-state index contributed by atoms with van der Waals surface area (Å²) in [4.78, 5) is 22.7. The van der Waals surface area contributed by atoms with Crippen LogP contribution in [0.1, 0.15) is 26.7 Å². The number of rotatable bonds is 1. The summed E-state index contributed by atoms with van der Waals surface area (Å²) in [6, 6.07) is 0. The van der Waals surface area contributed by atoms with E-state index in [0.717, 1.165) is 32.0 Å². The van der Waals surface area contributed by atoms with Crippen LogP contribution in [-0.4, -0.2) is 47.7 Å². The minimum absolute atomic E-state index is 0.178. The fourth-order valence-corrected chi connectivity index (χ4v) is 3.52. The maximum absolute atomic E-state index is 12.0. The van der Waals surface area contributed by atoms with Crippen molar-refractivity contribution in [2.75, 3.05) is 36.4 Å². The van der Waals surface area contributed by atoms with Gasteiger partial charge in [0.2, 0.25) is 5.75 Å². The van der Waals surface area contributed by atoms with E-state index in [4.69, 9.17) is 4.74 Å². The topological polar surface area (TPSA) is 79.4 Å². The fourth-order valence-electron chi connectivity index (χ4n) is 3.52. The molecule has 1 amide bonds. The number of hydrogen-bond donors (Lipinski definition) is 2. The van der Waals surface area contributed by atoms with Gasteiger partial charge in [-0.25, -0.2) is 9.97 Å². The zero-order chi connectivity index (χ0) is 15.4. The van der Waals surface area contributed by atoms with E-state index in [2.05, 4.69) is 25.5 Å². The van der Waals surface area contributed by atoms with Crippen molar-refractivity contribution in [3.05, 3.63) is 6.33 Å². The average molecular weight is 303 g/mol. The van der Waals surface area contributed by atoms with Gasteiger partial charge in [0.05, 0.1) is 0 Å². The number of nitrogens with one attached hydrogen (secondary N) is 2. The van der Waals surface area contributed by atoms with Crippen LogP contribution < -0.4 is 20.3 Å². The molecule has 0 aliphatic carbocycles. The molecule has 0 bridgehead atoms. The lowest BCUT2D eigenvalue weighted by Crippen LogP contribution is -2.60. The first-order valence-electron chi connectivity index (χ1n) is 7.80. The Morgan fingerprint density at radius 2 is 1.95 bits per heavy atom. The molecule has 3 aliphatic heterocycles. The summed E-state index contributed by atoms with van der Waals surface area (Å²) in [7, 11) is 0. The van der Waals surface area contributed by atoms with Crippen LogP contribution in [0.3, 0.4) is 0 Å². The lowest BCUT2D eigenvalue weighted by Gasteiger charge is -2.53. The highest BCUT2D eigenvalue weighted by molar-refractivity contribution is 6.00. The smallest absolute Gasteiger partial charge is 0.269 e. The first-order valence-corrected chi connectivity index (χ1v) is 7.80. The average Bonchev–Trinajstić information content (AvgIpc) is 2.46. The van der Waals surface area contributed by atoms with Gasteiger partial charge in [0.1, 0.15) is 6.33 Å². The number of amides is 1. The van der Waals surface area contributed by atoms with Crippen molar-refractivity contribution in [1.29, 1.82) is 0 Å². The molecule has 22 heavy (non-hydrogen) atoms. The number of aromatic nitrogens is 2. The zero-order valence-corrected chi connectivity index (χ0v) is 13.0. The second kappa shape index (κ2) is 4.55. The van der Waals surface area contributed by atoms with Gasteiger partial charge in [-0.1, -0.05) is 0 Å². The van der Waals surface area contributed by atoms with Crippen molar-refractivity contribution >= 4 is 17.5 Å². The Kier molecular flexibility index (Phi) is 2.84. The number of hydrogen-bond acceptors (Lipinski definition) is 6. The molecule has 2 N–H and O–H groups in total. The minimum Gasteiger partial charge on any atom is -0.470 e. The number of carbonyl (C=O) groups excluding carboxylic acids is 1. The minimum atomic E-state index is -0.899. The molecule has 4 heterocycles. The van der Waals surface area contributed by atoms with Crippen LogP contribution in [0.25, 0.3) is 0 Å². The van der Waals surface area contributed by atoms with Crippen molar-refractivity contribution in [1.82, 2.24) is 15.3 Å². The van der Waals surface area contributed by atoms with Gasteiger partial charge in [0.15, 0.2) is 17.2 Å². The highest BCUT2D eigenvalue weighted by atomic mass is 16.5. The summed E-state index contributed by atoms with van der Waals surface area (Å²) in [6.45, 7) is 7.69. The largest absolute Gasteiger partial charge is 0.470 e. The van der Waals surface area contributed by atoms with Gasteiger partial charge in [-0.05, 0) is 39.8 Å². The number of fused-ring (bicyclic) bond motifs is 1. The van der Waals surface area contributed by atoms with E-state index >= 15 is 0 Å². The van der Waals surface area contributed by atoms with Gasteiger partial charge in [-0.3, -0.25) is 4.79 Å². The van der Waals surface area contributed by atoms with Crippen molar-refractivity contribution < 1.29 is 9.53 Å². The van der Waals surface area contributed by atoms with Crippen molar-refractivity contribution in [2.45, 2.75) is 32.3 Å². The van der Waals surface area contributed by atoms with Crippen molar-refractivity contribution in [3.8, 4) is 5.75 Å². The monoisotopic (exact) mass is 303 g/mol. The molecule has 3 aliphatic rings. The highest BCUT2D eigenvalue weighted by Gasteiger charge is 2.46. The van der Waals surface area contributed by atoms with Crippen LogP contribution in [0.2, 0.25) is 0 Å². The normalized spacial score (nSPS) is 25.0. The Morgan fingerprint density at radius 1 is 1.23 bits per heavy atom. The molecule has 2 saturated heterocycles. The second-order valence-electron chi connectivity index (χ2n) is 7.05. The third-order valence-electron chi connectivity index (χ3n) is 4.94. The SMILES string of the molecule is CC1(C)Oc2c(ncnc2N2CC3(CCNCC3)C2)NC1=O. The first-order chi connectivity index (χ1) is 10.5. The molecule has 4 rings (SSSR count). The van der Waals surface area contributed by atoms with E-state index in [1.807, 2.05) is 0 Å². The Morgan fingerprint density at radius 3 is 2.68 bits per heavy atom. The predicted octanol–water partition coefficient (Wildman–Crippen LogP) is 0.776. The molecule has 0 unspecified atom stereocenters. The van der Waals surface area contributed by atoms with Gasteiger partial charge >= 0.3 is 0 Å². The van der Waals surface area contributed by atoms with Crippen LogP contribution in [0.4, 0.5) is 11.6 Å². The number of ether oxygens (including phenoxy) is 1. The lowest BCUT2D eigenvalue weighted by molar-refractivity contribution is -0.129. The van der Waals surface area contributed by atoms with Crippen LogP contribution in [-0.2, 0) is 4.79 Å². The molecular weight excluding hydrogens is 282 g/mol. The van der Waals surface area contributed by atoms with E-state index in [1.54, 1.807) is 13.8 Å². The quantitative estimate of drug-likeness (QED) is 0.798. The molecule has 118 valence electrons. The molecule has 0 aromatic carbocycles. The Labute approximate surface area is 129 Å². The molecular formula is C15H21N5O2. The van der Waals surface area contributed by atoms with Crippen LogP contribution in [0.15, 0.2) is 6.33 Å². The Hall–Kier alpha value is -1.89. The third kappa shape index (κ3) is 2.03. The molecule has 0 atom stereocenters. The first kappa shape index (κ1) is 13.8. The van der Waals surface area contributed by atoms with Crippen molar-refractivity contribution in [3.63, 3.8) is 0 Å². The Balaban J connectivity index is 1.60. The highest BCUT2D eigenvalue weighted by Crippen LogP contribution is 2.46. The molecule has 7 heteroatoms. The predicted molar refractivity (Wildman–Crippen MR) is 82.1 cm³/mol. The van der Waals surface area contributed by atoms with Crippen molar-refractivity contribution in [2.24, 2.45) is 5.41 Å².